The lowest BCUT2D eigenvalue weighted by Gasteiger charge is -2.10. The quantitative estimate of drug-likeness (QED) is 0.519. The van der Waals surface area contributed by atoms with Crippen molar-refractivity contribution in [2.75, 3.05) is 18.1 Å². The van der Waals surface area contributed by atoms with Gasteiger partial charge >= 0.3 is 0 Å². The van der Waals surface area contributed by atoms with Gasteiger partial charge in [0.1, 0.15) is 0 Å². The molecule has 31 heavy (non-hydrogen) atoms. The molecule has 0 aliphatic heterocycles. The van der Waals surface area contributed by atoms with Crippen LogP contribution in [0.15, 0.2) is 78.4 Å². The Balaban J connectivity index is 1.81. The average Bonchev–Trinajstić information content (AvgIpc) is 2.78. The fourth-order valence-electron chi connectivity index (χ4n) is 3.26. The number of rotatable bonds is 9. The molecule has 158 valence electrons. The Bertz CT molecular complexity index is 1230. The summed E-state index contributed by atoms with van der Waals surface area (Å²) in [4.78, 5) is 12.8. The Morgan fingerprint density at radius 3 is 2.42 bits per heavy atom. The van der Waals surface area contributed by atoms with Gasteiger partial charge in [-0.25, -0.2) is 8.42 Å². The smallest absolute Gasteiger partial charge is 0.248 e. The summed E-state index contributed by atoms with van der Waals surface area (Å²) < 4.78 is 24.9. The first-order valence-corrected chi connectivity index (χ1v) is 11.9. The van der Waals surface area contributed by atoms with Crippen LogP contribution in [0.2, 0.25) is 0 Å². The van der Waals surface area contributed by atoms with E-state index in [4.69, 9.17) is 5.26 Å². The molecular formula is C25H24N2O3S. The zero-order valence-corrected chi connectivity index (χ0v) is 17.9. The molecule has 0 saturated heterocycles. The SMILES string of the molecule is N#CCCS(=O)(=O)C/C(=C\c1ccc2ccccc2c1)C(=O)NCCc1ccccc1. The number of fused-ring (bicyclic) bond motifs is 1. The molecule has 0 fully saturated rings. The minimum absolute atomic E-state index is 0.0960. The number of hydrogen-bond acceptors (Lipinski definition) is 4. The number of nitrogens with one attached hydrogen (secondary N) is 1. The summed E-state index contributed by atoms with van der Waals surface area (Å²) in [5, 5.41) is 13.6. The van der Waals surface area contributed by atoms with Crippen molar-refractivity contribution in [3.63, 3.8) is 0 Å². The van der Waals surface area contributed by atoms with Crippen LogP contribution in [0.25, 0.3) is 16.8 Å². The zero-order chi connectivity index (χ0) is 22.1. The van der Waals surface area contributed by atoms with Gasteiger partial charge in [-0.15, -0.1) is 0 Å². The molecule has 0 unspecified atom stereocenters. The van der Waals surface area contributed by atoms with E-state index in [1.54, 1.807) is 6.08 Å². The topological polar surface area (TPSA) is 87.0 Å². The van der Waals surface area contributed by atoms with Gasteiger partial charge < -0.3 is 5.32 Å². The number of hydrogen-bond donors (Lipinski definition) is 1. The van der Waals surface area contributed by atoms with Crippen LogP contribution in [0.4, 0.5) is 0 Å². The zero-order valence-electron chi connectivity index (χ0n) is 17.1. The molecule has 5 nitrogen and oxygen atoms in total. The molecule has 1 amide bonds. The molecule has 0 heterocycles. The van der Waals surface area contributed by atoms with E-state index in [1.165, 1.54) is 0 Å². The number of sulfone groups is 1. The summed E-state index contributed by atoms with van der Waals surface area (Å²) in [6.07, 6.45) is 2.17. The van der Waals surface area contributed by atoms with Crippen molar-refractivity contribution in [3.05, 3.63) is 89.5 Å². The molecule has 0 saturated carbocycles. The molecule has 3 aromatic carbocycles. The number of carbonyl (C=O) groups is 1. The second-order valence-corrected chi connectivity index (χ2v) is 9.45. The molecule has 3 aromatic rings. The molecule has 0 aliphatic rings. The number of benzene rings is 3. The summed E-state index contributed by atoms with van der Waals surface area (Å²) in [6.45, 7) is 0.399. The monoisotopic (exact) mass is 432 g/mol. The van der Waals surface area contributed by atoms with Crippen molar-refractivity contribution in [2.45, 2.75) is 12.8 Å². The van der Waals surface area contributed by atoms with Crippen LogP contribution in [-0.4, -0.2) is 32.4 Å². The van der Waals surface area contributed by atoms with Gasteiger partial charge in [0.15, 0.2) is 9.84 Å². The summed E-state index contributed by atoms with van der Waals surface area (Å²) in [6, 6.07) is 25.2. The lowest BCUT2D eigenvalue weighted by atomic mass is 10.1. The van der Waals surface area contributed by atoms with Gasteiger partial charge in [-0.1, -0.05) is 66.7 Å². The molecule has 0 aliphatic carbocycles. The molecular weight excluding hydrogens is 408 g/mol. The highest BCUT2D eigenvalue weighted by atomic mass is 32.2. The first-order chi connectivity index (χ1) is 15.0. The largest absolute Gasteiger partial charge is 0.352 e. The number of nitrogens with zero attached hydrogens (tertiary/aromatic N) is 1. The van der Waals surface area contributed by atoms with Crippen LogP contribution in [0.3, 0.4) is 0 Å². The van der Waals surface area contributed by atoms with Crippen molar-refractivity contribution in [3.8, 4) is 6.07 Å². The van der Waals surface area contributed by atoms with Crippen molar-refractivity contribution in [2.24, 2.45) is 0 Å². The fraction of sp³-hybridized carbons (Fsp3) is 0.200. The van der Waals surface area contributed by atoms with E-state index in [0.29, 0.717) is 13.0 Å². The molecule has 0 aromatic heterocycles. The molecule has 0 atom stereocenters. The summed E-state index contributed by atoms with van der Waals surface area (Å²) >= 11 is 0. The third kappa shape index (κ3) is 6.80. The second-order valence-electron chi connectivity index (χ2n) is 7.27. The van der Waals surface area contributed by atoms with Crippen LogP contribution in [0, 0.1) is 11.3 Å². The first kappa shape index (κ1) is 22.3. The minimum atomic E-state index is -3.58. The number of carbonyl (C=O) groups excluding carboxylic acids is 1. The van der Waals surface area contributed by atoms with Gasteiger partial charge in [-0.2, -0.15) is 5.26 Å². The highest BCUT2D eigenvalue weighted by Gasteiger charge is 2.19. The summed E-state index contributed by atoms with van der Waals surface area (Å²) in [5.41, 5.74) is 2.01. The van der Waals surface area contributed by atoms with E-state index in [-0.39, 0.29) is 17.7 Å². The Kier molecular flexibility index (Phi) is 7.58. The maximum Gasteiger partial charge on any atom is 0.248 e. The Morgan fingerprint density at radius 1 is 0.968 bits per heavy atom. The molecule has 0 spiro atoms. The lowest BCUT2D eigenvalue weighted by Crippen LogP contribution is -2.30. The van der Waals surface area contributed by atoms with E-state index < -0.39 is 21.5 Å². The van der Waals surface area contributed by atoms with Crippen molar-refractivity contribution in [1.29, 1.82) is 5.26 Å². The third-order valence-corrected chi connectivity index (χ3v) is 6.43. The number of amides is 1. The van der Waals surface area contributed by atoms with Gasteiger partial charge in [-0.3, -0.25) is 4.79 Å². The van der Waals surface area contributed by atoms with E-state index in [1.807, 2.05) is 78.9 Å². The standard InChI is InChI=1S/C25H24N2O3S/c26-14-6-16-31(29,30)19-24(25(28)27-15-13-20-7-2-1-3-8-20)18-21-11-12-22-9-4-5-10-23(22)17-21/h1-5,7-12,17-18H,6,13,15-16,19H2,(H,27,28)/b24-18+. The van der Waals surface area contributed by atoms with E-state index in [9.17, 15) is 13.2 Å². The second kappa shape index (κ2) is 10.6. The fourth-order valence-corrected chi connectivity index (χ4v) is 4.50. The van der Waals surface area contributed by atoms with Crippen LogP contribution in [0.5, 0.6) is 0 Å². The Morgan fingerprint density at radius 2 is 1.68 bits per heavy atom. The van der Waals surface area contributed by atoms with Gasteiger partial charge in [0.25, 0.3) is 0 Å². The van der Waals surface area contributed by atoms with E-state index in [2.05, 4.69) is 5.32 Å². The predicted molar refractivity (Wildman–Crippen MR) is 124 cm³/mol. The maximum absolute atomic E-state index is 12.8. The third-order valence-electron chi connectivity index (χ3n) is 4.85. The van der Waals surface area contributed by atoms with Gasteiger partial charge in [0, 0.05) is 18.5 Å². The van der Waals surface area contributed by atoms with E-state index >= 15 is 0 Å². The maximum atomic E-state index is 12.8. The molecule has 0 radical (unpaired) electrons. The number of nitriles is 1. The van der Waals surface area contributed by atoms with Crippen LogP contribution < -0.4 is 5.32 Å². The summed E-state index contributed by atoms with van der Waals surface area (Å²) in [7, 11) is -3.58. The highest BCUT2D eigenvalue weighted by molar-refractivity contribution is 7.91. The molecule has 0 bridgehead atoms. The lowest BCUT2D eigenvalue weighted by molar-refractivity contribution is -0.117. The van der Waals surface area contributed by atoms with Gasteiger partial charge in [0.05, 0.1) is 17.6 Å². The van der Waals surface area contributed by atoms with Crippen LogP contribution >= 0.6 is 0 Å². The molecule has 3 rings (SSSR count). The minimum Gasteiger partial charge on any atom is -0.352 e. The van der Waals surface area contributed by atoms with E-state index in [0.717, 1.165) is 21.9 Å². The molecule has 6 heteroatoms. The Hall–Kier alpha value is -3.43. The van der Waals surface area contributed by atoms with Gasteiger partial charge in [-0.05, 0) is 40.5 Å². The van der Waals surface area contributed by atoms with Crippen molar-refractivity contribution in [1.82, 2.24) is 5.32 Å². The van der Waals surface area contributed by atoms with Gasteiger partial charge in [0.2, 0.25) is 5.91 Å². The van der Waals surface area contributed by atoms with Crippen LogP contribution in [0.1, 0.15) is 17.5 Å². The summed E-state index contributed by atoms with van der Waals surface area (Å²) in [5.74, 6) is -1.08. The van der Waals surface area contributed by atoms with Crippen molar-refractivity contribution < 1.29 is 13.2 Å². The normalized spacial score (nSPS) is 11.8. The van der Waals surface area contributed by atoms with Crippen molar-refractivity contribution >= 4 is 32.6 Å². The van der Waals surface area contributed by atoms with Crippen LogP contribution in [-0.2, 0) is 21.1 Å². The highest BCUT2D eigenvalue weighted by Crippen LogP contribution is 2.18. The molecule has 1 N–H and O–H groups in total. The first-order valence-electron chi connectivity index (χ1n) is 10.1. The predicted octanol–water partition coefficient (Wildman–Crippen LogP) is 3.91. The average molecular weight is 433 g/mol. The Labute approximate surface area is 182 Å².